The van der Waals surface area contributed by atoms with Crippen LogP contribution in [0.15, 0.2) is 59.5 Å². The number of hydrogen-bond donors (Lipinski definition) is 0. The number of piperidine rings is 1. The SMILES string of the molecule is CS(=O)(=O)c1cccc(C(=O)N2CCC(CCc3ccccc3)CC2)c1. The van der Waals surface area contributed by atoms with Crippen LogP contribution in [0.1, 0.15) is 35.2 Å². The Balaban J connectivity index is 1.55. The van der Waals surface area contributed by atoms with Gasteiger partial charge in [0.05, 0.1) is 4.90 Å². The fourth-order valence-electron chi connectivity index (χ4n) is 3.48. The first-order valence-corrected chi connectivity index (χ1v) is 11.0. The zero-order valence-corrected chi connectivity index (χ0v) is 15.9. The van der Waals surface area contributed by atoms with E-state index in [0.717, 1.165) is 45.0 Å². The van der Waals surface area contributed by atoms with Crippen molar-refractivity contribution in [2.45, 2.75) is 30.6 Å². The minimum atomic E-state index is -3.30. The third kappa shape index (κ3) is 4.73. The summed E-state index contributed by atoms with van der Waals surface area (Å²) in [7, 11) is -3.30. The Morgan fingerprint density at radius 3 is 2.38 bits per heavy atom. The number of carbonyl (C=O) groups excluding carboxylic acids is 1. The summed E-state index contributed by atoms with van der Waals surface area (Å²) in [6, 6.07) is 16.8. The highest BCUT2D eigenvalue weighted by molar-refractivity contribution is 7.90. The lowest BCUT2D eigenvalue weighted by atomic mass is 9.90. The van der Waals surface area contributed by atoms with Gasteiger partial charge in [-0.1, -0.05) is 36.4 Å². The van der Waals surface area contributed by atoms with Crippen LogP contribution in [-0.2, 0) is 16.3 Å². The van der Waals surface area contributed by atoms with Gasteiger partial charge in [0.1, 0.15) is 0 Å². The van der Waals surface area contributed by atoms with Crippen molar-refractivity contribution in [3.05, 3.63) is 65.7 Å². The highest BCUT2D eigenvalue weighted by Crippen LogP contribution is 2.24. The largest absolute Gasteiger partial charge is 0.339 e. The molecule has 0 aromatic heterocycles. The maximum absolute atomic E-state index is 12.7. The van der Waals surface area contributed by atoms with Crippen LogP contribution in [0.2, 0.25) is 0 Å². The molecule has 26 heavy (non-hydrogen) atoms. The quantitative estimate of drug-likeness (QED) is 0.807. The molecule has 1 amide bonds. The molecule has 4 nitrogen and oxygen atoms in total. The Hall–Kier alpha value is -2.14. The second-order valence-electron chi connectivity index (χ2n) is 7.06. The monoisotopic (exact) mass is 371 g/mol. The number of carbonyl (C=O) groups is 1. The maximum Gasteiger partial charge on any atom is 0.253 e. The van der Waals surface area contributed by atoms with E-state index in [4.69, 9.17) is 0 Å². The summed E-state index contributed by atoms with van der Waals surface area (Å²) in [4.78, 5) is 14.7. The molecule has 1 aliphatic rings. The van der Waals surface area contributed by atoms with Gasteiger partial charge in [-0.25, -0.2) is 8.42 Å². The van der Waals surface area contributed by atoms with Crippen LogP contribution in [0, 0.1) is 5.92 Å². The fourth-order valence-corrected chi connectivity index (χ4v) is 4.15. The summed E-state index contributed by atoms with van der Waals surface area (Å²) in [5.41, 5.74) is 1.82. The van der Waals surface area contributed by atoms with Gasteiger partial charge in [-0.3, -0.25) is 4.79 Å². The van der Waals surface area contributed by atoms with Gasteiger partial charge in [-0.2, -0.15) is 0 Å². The first kappa shape index (κ1) is 18.6. The Morgan fingerprint density at radius 1 is 1.04 bits per heavy atom. The van der Waals surface area contributed by atoms with Crippen molar-refractivity contribution in [2.75, 3.05) is 19.3 Å². The lowest BCUT2D eigenvalue weighted by Gasteiger charge is -2.32. The van der Waals surface area contributed by atoms with Crippen molar-refractivity contribution in [3.63, 3.8) is 0 Å². The highest BCUT2D eigenvalue weighted by Gasteiger charge is 2.24. The van der Waals surface area contributed by atoms with Gasteiger partial charge in [0.15, 0.2) is 9.84 Å². The van der Waals surface area contributed by atoms with E-state index in [1.54, 1.807) is 12.1 Å². The van der Waals surface area contributed by atoms with Gasteiger partial charge in [0, 0.05) is 24.9 Å². The summed E-state index contributed by atoms with van der Waals surface area (Å²) < 4.78 is 23.4. The molecule has 1 saturated heterocycles. The summed E-state index contributed by atoms with van der Waals surface area (Å²) >= 11 is 0. The van der Waals surface area contributed by atoms with Crippen molar-refractivity contribution in [2.24, 2.45) is 5.92 Å². The Labute approximate surface area is 155 Å². The number of rotatable bonds is 5. The molecule has 1 heterocycles. The van der Waals surface area contributed by atoms with E-state index < -0.39 is 9.84 Å². The molecule has 0 aliphatic carbocycles. The molecule has 0 spiro atoms. The predicted octanol–water partition coefficient (Wildman–Crippen LogP) is 3.58. The van der Waals surface area contributed by atoms with Crippen LogP contribution in [0.5, 0.6) is 0 Å². The Morgan fingerprint density at radius 2 is 1.73 bits per heavy atom. The van der Waals surface area contributed by atoms with Crippen molar-refractivity contribution in [1.82, 2.24) is 4.90 Å². The summed E-state index contributed by atoms with van der Waals surface area (Å²) in [6.07, 6.45) is 5.40. The third-order valence-corrected chi connectivity index (χ3v) is 6.21. The number of benzene rings is 2. The second-order valence-corrected chi connectivity index (χ2v) is 9.08. The van der Waals surface area contributed by atoms with Gasteiger partial charge in [-0.05, 0) is 55.4 Å². The molecule has 138 valence electrons. The van der Waals surface area contributed by atoms with Crippen LogP contribution in [-0.4, -0.2) is 38.6 Å². The summed E-state index contributed by atoms with van der Waals surface area (Å²) in [6.45, 7) is 1.47. The van der Waals surface area contributed by atoms with Gasteiger partial charge in [0.25, 0.3) is 5.91 Å². The molecular weight excluding hydrogens is 346 g/mol. The van der Waals surface area contributed by atoms with Crippen molar-refractivity contribution in [1.29, 1.82) is 0 Å². The smallest absolute Gasteiger partial charge is 0.253 e. The van der Waals surface area contributed by atoms with E-state index in [2.05, 4.69) is 24.3 Å². The van der Waals surface area contributed by atoms with Gasteiger partial charge < -0.3 is 4.90 Å². The average Bonchev–Trinajstić information content (AvgIpc) is 2.66. The molecule has 1 fully saturated rings. The molecule has 0 saturated carbocycles. The normalized spacial score (nSPS) is 15.8. The van der Waals surface area contributed by atoms with Crippen LogP contribution in [0.4, 0.5) is 0 Å². The molecule has 2 aromatic carbocycles. The zero-order chi connectivity index (χ0) is 18.6. The van der Waals surface area contributed by atoms with Crippen molar-refractivity contribution < 1.29 is 13.2 Å². The van der Waals surface area contributed by atoms with E-state index in [-0.39, 0.29) is 10.8 Å². The lowest BCUT2D eigenvalue weighted by Crippen LogP contribution is -2.38. The molecule has 0 bridgehead atoms. The molecule has 0 atom stereocenters. The van der Waals surface area contributed by atoms with Crippen LogP contribution >= 0.6 is 0 Å². The lowest BCUT2D eigenvalue weighted by molar-refractivity contribution is 0.0686. The highest BCUT2D eigenvalue weighted by atomic mass is 32.2. The summed E-state index contributed by atoms with van der Waals surface area (Å²) in [5, 5.41) is 0. The zero-order valence-electron chi connectivity index (χ0n) is 15.1. The predicted molar refractivity (Wildman–Crippen MR) is 103 cm³/mol. The Kier molecular flexibility index (Phi) is 5.77. The molecule has 5 heteroatoms. The standard InChI is InChI=1S/C21H25NO3S/c1-26(24,25)20-9-5-8-19(16-20)21(23)22-14-12-18(13-15-22)11-10-17-6-3-2-4-7-17/h2-9,16,18H,10-15H2,1H3. The molecule has 0 N–H and O–H groups in total. The van der Waals surface area contributed by atoms with Crippen LogP contribution < -0.4 is 0 Å². The number of aryl methyl sites for hydroxylation is 1. The molecule has 0 unspecified atom stereocenters. The minimum absolute atomic E-state index is 0.0722. The van der Waals surface area contributed by atoms with Crippen LogP contribution in [0.3, 0.4) is 0 Å². The number of hydrogen-bond acceptors (Lipinski definition) is 3. The second kappa shape index (κ2) is 8.04. The van der Waals surface area contributed by atoms with Crippen molar-refractivity contribution in [3.8, 4) is 0 Å². The molecular formula is C21H25NO3S. The van der Waals surface area contributed by atoms with E-state index in [9.17, 15) is 13.2 Å². The van der Waals surface area contributed by atoms with Crippen molar-refractivity contribution >= 4 is 15.7 Å². The number of likely N-dealkylation sites (tertiary alicyclic amines) is 1. The van der Waals surface area contributed by atoms with E-state index in [1.165, 1.54) is 17.7 Å². The van der Waals surface area contributed by atoms with Gasteiger partial charge in [-0.15, -0.1) is 0 Å². The number of amides is 1. The molecule has 1 aliphatic heterocycles. The number of nitrogens with zero attached hydrogens (tertiary/aromatic N) is 1. The third-order valence-electron chi connectivity index (χ3n) is 5.09. The Bertz CT molecular complexity index is 854. The number of sulfone groups is 1. The van der Waals surface area contributed by atoms with Crippen LogP contribution in [0.25, 0.3) is 0 Å². The fraction of sp³-hybridized carbons (Fsp3) is 0.381. The van der Waals surface area contributed by atoms with Gasteiger partial charge in [0.2, 0.25) is 0 Å². The minimum Gasteiger partial charge on any atom is -0.339 e. The van der Waals surface area contributed by atoms with E-state index in [1.807, 2.05) is 11.0 Å². The first-order chi connectivity index (χ1) is 12.4. The molecule has 3 rings (SSSR count). The molecule has 0 radical (unpaired) electrons. The summed E-state index contributed by atoms with van der Waals surface area (Å²) in [5.74, 6) is 0.568. The average molecular weight is 372 g/mol. The molecule has 2 aromatic rings. The maximum atomic E-state index is 12.7. The van der Waals surface area contributed by atoms with E-state index >= 15 is 0 Å². The van der Waals surface area contributed by atoms with Gasteiger partial charge >= 0.3 is 0 Å². The van der Waals surface area contributed by atoms with E-state index in [0.29, 0.717) is 11.5 Å². The first-order valence-electron chi connectivity index (χ1n) is 9.07. The topological polar surface area (TPSA) is 54.5 Å².